The normalized spacial score (nSPS) is 11.8. The summed E-state index contributed by atoms with van der Waals surface area (Å²) in [5.41, 5.74) is 2.25. The van der Waals surface area contributed by atoms with Crippen molar-refractivity contribution in [3.63, 3.8) is 0 Å². The minimum absolute atomic E-state index is 0.206. The lowest BCUT2D eigenvalue weighted by atomic mass is 9.92. The molecule has 0 unspecified atom stereocenters. The van der Waals surface area contributed by atoms with Crippen LogP contribution < -0.4 is 5.56 Å². The minimum Gasteiger partial charge on any atom is -0.494 e. The molecule has 3 aromatic carbocycles. The summed E-state index contributed by atoms with van der Waals surface area (Å²) in [6.07, 6.45) is 1.56. The summed E-state index contributed by atoms with van der Waals surface area (Å²) in [6.45, 7) is 8.25. The number of esters is 1. The lowest BCUT2D eigenvalue weighted by molar-refractivity contribution is 0.0526. The van der Waals surface area contributed by atoms with Gasteiger partial charge >= 0.3 is 5.97 Å². The van der Waals surface area contributed by atoms with Gasteiger partial charge in [0.25, 0.3) is 5.56 Å². The van der Waals surface area contributed by atoms with Crippen LogP contribution in [0.4, 0.5) is 5.82 Å². The van der Waals surface area contributed by atoms with Gasteiger partial charge in [-0.05, 0) is 49.4 Å². The molecule has 0 saturated carbocycles. The maximum atomic E-state index is 13.5. The highest BCUT2D eigenvalue weighted by Crippen LogP contribution is 2.30. The number of ether oxygens (including phenoxy) is 1. The molecule has 8 heteroatoms. The Morgan fingerprint density at radius 1 is 0.950 bits per heavy atom. The summed E-state index contributed by atoms with van der Waals surface area (Å²) in [5.74, 6) is -0.143. The molecule has 5 aromatic rings. The Hall–Kier alpha value is -4.98. The zero-order valence-electron chi connectivity index (χ0n) is 22.8. The summed E-state index contributed by atoms with van der Waals surface area (Å²) in [7, 11) is 0. The molecule has 0 radical (unpaired) electrons. The predicted octanol–water partition coefficient (Wildman–Crippen LogP) is 6.11. The topological polar surface area (TPSA) is 98.7 Å². The van der Waals surface area contributed by atoms with Gasteiger partial charge in [0, 0.05) is 28.5 Å². The van der Waals surface area contributed by atoms with Crippen LogP contribution in [0.1, 0.15) is 49.3 Å². The number of pyridine rings is 1. The lowest BCUT2D eigenvalue weighted by Crippen LogP contribution is -2.20. The van der Waals surface area contributed by atoms with Crippen LogP contribution in [0.3, 0.4) is 0 Å². The second-order valence-corrected chi connectivity index (χ2v) is 10.3. The van der Waals surface area contributed by atoms with Crippen LogP contribution in [0, 0.1) is 0 Å². The molecule has 0 bridgehead atoms. The molecule has 2 heterocycles. The molecule has 0 fully saturated rings. The number of fused-ring (bicyclic) bond motifs is 1. The van der Waals surface area contributed by atoms with Crippen molar-refractivity contribution in [1.29, 1.82) is 0 Å². The molecule has 8 nitrogen and oxygen atoms in total. The Bertz CT molecular complexity index is 1780. The Morgan fingerprint density at radius 2 is 1.60 bits per heavy atom. The first kappa shape index (κ1) is 26.6. The van der Waals surface area contributed by atoms with Crippen LogP contribution in [-0.2, 0) is 10.2 Å². The van der Waals surface area contributed by atoms with Crippen molar-refractivity contribution >= 4 is 28.8 Å². The van der Waals surface area contributed by atoms with Crippen LogP contribution in [0.5, 0.6) is 5.88 Å². The van der Waals surface area contributed by atoms with Crippen LogP contribution in [0.25, 0.3) is 22.1 Å². The second-order valence-electron chi connectivity index (χ2n) is 10.3. The van der Waals surface area contributed by atoms with Gasteiger partial charge < -0.3 is 9.84 Å². The van der Waals surface area contributed by atoms with Crippen LogP contribution in [0.15, 0.2) is 94.7 Å². The van der Waals surface area contributed by atoms with Gasteiger partial charge in [-0.2, -0.15) is 5.10 Å². The fourth-order valence-electron chi connectivity index (χ4n) is 4.41. The number of aromatic hydroxyl groups is 1. The van der Waals surface area contributed by atoms with E-state index in [0.717, 1.165) is 11.4 Å². The molecule has 0 aliphatic heterocycles. The van der Waals surface area contributed by atoms with Gasteiger partial charge in [0.2, 0.25) is 5.88 Å². The van der Waals surface area contributed by atoms with E-state index in [4.69, 9.17) is 14.8 Å². The number of rotatable bonds is 6. The van der Waals surface area contributed by atoms with Crippen LogP contribution in [-0.4, -0.2) is 38.2 Å². The van der Waals surface area contributed by atoms with Crippen molar-refractivity contribution in [3.05, 3.63) is 112 Å². The van der Waals surface area contributed by atoms with Crippen molar-refractivity contribution in [1.82, 2.24) is 14.3 Å². The Balaban J connectivity index is 1.66. The van der Waals surface area contributed by atoms with E-state index in [2.05, 4.69) is 20.8 Å². The molecular weight excluding hydrogens is 504 g/mol. The molecule has 40 heavy (non-hydrogen) atoms. The van der Waals surface area contributed by atoms with E-state index in [1.54, 1.807) is 60.3 Å². The average Bonchev–Trinajstić information content (AvgIpc) is 3.39. The smallest absolute Gasteiger partial charge is 0.338 e. The van der Waals surface area contributed by atoms with Crippen molar-refractivity contribution < 1.29 is 14.6 Å². The Morgan fingerprint density at radius 3 is 2.25 bits per heavy atom. The number of para-hydroxylation sites is 1. The number of aromatic nitrogens is 3. The average molecular weight is 535 g/mol. The van der Waals surface area contributed by atoms with Crippen molar-refractivity contribution in [2.24, 2.45) is 4.99 Å². The maximum Gasteiger partial charge on any atom is 0.338 e. The standard InChI is InChI=1S/C32H30N4O4/c1-5-40-31(39)21-15-17-22(18-16-21)35-29(37)25-14-10-9-13-24(25)26(30(35)38)20-33-28-19-27(32(2,3)4)34-36(28)23-11-7-6-8-12-23/h6-20,38H,5H2,1-4H3. The van der Waals surface area contributed by atoms with E-state index in [9.17, 15) is 14.7 Å². The summed E-state index contributed by atoms with van der Waals surface area (Å²) in [4.78, 5) is 30.4. The summed E-state index contributed by atoms with van der Waals surface area (Å²) < 4.78 is 8.03. The molecule has 0 aliphatic rings. The number of hydrogen-bond donors (Lipinski definition) is 1. The summed E-state index contributed by atoms with van der Waals surface area (Å²) in [5, 5.41) is 17.2. The molecule has 2 aromatic heterocycles. The third-order valence-corrected chi connectivity index (χ3v) is 6.53. The van der Waals surface area contributed by atoms with E-state index >= 15 is 0 Å². The molecule has 0 aliphatic carbocycles. The predicted molar refractivity (Wildman–Crippen MR) is 157 cm³/mol. The van der Waals surface area contributed by atoms with Gasteiger partial charge in [-0.25, -0.2) is 19.0 Å². The van der Waals surface area contributed by atoms with Gasteiger partial charge in [0.1, 0.15) is 0 Å². The highest BCUT2D eigenvalue weighted by molar-refractivity contribution is 6.02. The van der Waals surface area contributed by atoms with Gasteiger partial charge in [0.05, 0.1) is 34.8 Å². The number of benzene rings is 3. The quantitative estimate of drug-likeness (QED) is 0.209. The first-order valence-corrected chi connectivity index (χ1v) is 13.0. The number of hydrogen-bond acceptors (Lipinski definition) is 6. The molecule has 5 rings (SSSR count). The monoisotopic (exact) mass is 534 g/mol. The van der Waals surface area contributed by atoms with Crippen molar-refractivity contribution in [3.8, 4) is 17.3 Å². The van der Waals surface area contributed by atoms with Crippen molar-refractivity contribution in [2.45, 2.75) is 33.1 Å². The molecule has 0 amide bonds. The van der Waals surface area contributed by atoms with E-state index < -0.39 is 11.5 Å². The number of carbonyl (C=O) groups is 1. The fourth-order valence-corrected chi connectivity index (χ4v) is 4.41. The number of carbonyl (C=O) groups excluding carboxylic acids is 1. The van der Waals surface area contributed by atoms with E-state index in [1.807, 2.05) is 42.5 Å². The lowest BCUT2D eigenvalue weighted by Gasteiger charge is -2.14. The van der Waals surface area contributed by atoms with Crippen molar-refractivity contribution in [2.75, 3.05) is 6.61 Å². The van der Waals surface area contributed by atoms with Gasteiger partial charge in [-0.1, -0.05) is 57.2 Å². The van der Waals surface area contributed by atoms with Gasteiger partial charge in [0.15, 0.2) is 5.82 Å². The van der Waals surface area contributed by atoms with E-state index in [-0.39, 0.29) is 17.9 Å². The third-order valence-electron chi connectivity index (χ3n) is 6.53. The Labute approximate surface area is 231 Å². The van der Waals surface area contributed by atoms with Gasteiger partial charge in [-0.3, -0.25) is 4.79 Å². The highest BCUT2D eigenvalue weighted by atomic mass is 16.5. The largest absolute Gasteiger partial charge is 0.494 e. The second kappa shape index (κ2) is 10.6. The number of aliphatic imine (C=N–C) groups is 1. The molecule has 0 spiro atoms. The SMILES string of the molecule is CCOC(=O)c1ccc(-n2c(O)c(C=Nc3cc(C(C)(C)C)nn3-c3ccccc3)c3ccccc3c2=O)cc1. The molecule has 1 N–H and O–H groups in total. The number of nitrogens with zero attached hydrogens (tertiary/aromatic N) is 4. The zero-order valence-corrected chi connectivity index (χ0v) is 22.8. The molecule has 202 valence electrons. The summed E-state index contributed by atoms with van der Waals surface area (Å²) >= 11 is 0. The molecular formula is C32H30N4O4. The minimum atomic E-state index is -0.457. The first-order valence-electron chi connectivity index (χ1n) is 13.0. The van der Waals surface area contributed by atoms with Gasteiger partial charge in [-0.15, -0.1) is 0 Å². The van der Waals surface area contributed by atoms with Crippen LogP contribution in [0.2, 0.25) is 0 Å². The first-order chi connectivity index (χ1) is 19.2. The third kappa shape index (κ3) is 5.03. The fraction of sp³-hybridized carbons (Fsp3) is 0.188. The van der Waals surface area contributed by atoms with E-state index in [0.29, 0.717) is 33.4 Å². The molecule has 0 saturated heterocycles. The zero-order chi connectivity index (χ0) is 28.4. The van der Waals surface area contributed by atoms with Crippen LogP contribution >= 0.6 is 0 Å². The maximum absolute atomic E-state index is 13.5. The molecule has 0 atom stereocenters. The summed E-state index contributed by atoms with van der Waals surface area (Å²) in [6, 6.07) is 25.0. The highest BCUT2D eigenvalue weighted by Gasteiger charge is 2.21. The Kier molecular flexibility index (Phi) is 7.09. The van der Waals surface area contributed by atoms with E-state index in [1.165, 1.54) is 4.57 Å².